The monoisotopic (exact) mass is 395 g/mol. The molecule has 1 saturated carbocycles. The van der Waals surface area contributed by atoms with E-state index in [2.05, 4.69) is 10.4 Å². The highest BCUT2D eigenvalue weighted by molar-refractivity contribution is 5.91. The van der Waals surface area contributed by atoms with Gasteiger partial charge in [-0.25, -0.2) is 0 Å². The van der Waals surface area contributed by atoms with Crippen LogP contribution in [0.5, 0.6) is 5.75 Å². The third kappa shape index (κ3) is 4.86. The summed E-state index contributed by atoms with van der Waals surface area (Å²) in [5.41, 5.74) is 1.16. The molecular weight excluding hydrogens is 370 g/mol. The maximum absolute atomic E-state index is 12.5. The molecule has 7 heteroatoms. The lowest BCUT2D eigenvalue weighted by Gasteiger charge is -2.15. The molecule has 1 amide bonds. The number of aliphatic hydroxyl groups excluding tert-OH is 1. The number of ether oxygens (including phenoxy) is 1. The van der Waals surface area contributed by atoms with Gasteiger partial charge in [-0.3, -0.25) is 9.48 Å². The number of carbonyl (C=O) groups excluding carboxylic acids is 1. The first-order valence-electron chi connectivity index (χ1n) is 9.81. The average Bonchev–Trinajstić information content (AvgIpc) is 3.44. The number of aryl methyl sites for hydroxylation is 1. The first-order valence-corrected chi connectivity index (χ1v) is 9.81. The van der Waals surface area contributed by atoms with Gasteiger partial charge in [0.25, 0.3) is 5.91 Å². The Morgan fingerprint density at radius 3 is 2.86 bits per heavy atom. The number of nitrogens with one attached hydrogen (secondary N) is 1. The summed E-state index contributed by atoms with van der Waals surface area (Å²) in [4.78, 5) is 12.5. The first kappa shape index (κ1) is 19.3. The molecule has 1 aromatic carbocycles. The predicted octanol–water partition coefficient (Wildman–Crippen LogP) is 2.93. The molecule has 1 fully saturated rings. The van der Waals surface area contributed by atoms with Gasteiger partial charge in [-0.05, 0) is 56.0 Å². The second kappa shape index (κ2) is 8.53. The van der Waals surface area contributed by atoms with Crippen LogP contribution in [0.3, 0.4) is 0 Å². The highest BCUT2D eigenvalue weighted by atomic mass is 16.5. The SMILES string of the molecule is Cc1ccc(OCc2ccc(C(=O)N[C@@H]3CC(Cn4cccn4)C[C@H]3O)o2)cc1. The van der Waals surface area contributed by atoms with E-state index in [0.717, 1.165) is 17.9 Å². The van der Waals surface area contributed by atoms with Crippen molar-refractivity contribution >= 4 is 5.91 Å². The normalized spacial score (nSPS) is 21.2. The molecule has 0 bridgehead atoms. The zero-order valence-electron chi connectivity index (χ0n) is 16.3. The minimum atomic E-state index is -0.571. The van der Waals surface area contributed by atoms with E-state index in [0.29, 0.717) is 18.6 Å². The Labute approximate surface area is 169 Å². The van der Waals surface area contributed by atoms with Crippen LogP contribution in [-0.4, -0.2) is 32.9 Å². The Balaban J connectivity index is 1.29. The summed E-state index contributed by atoms with van der Waals surface area (Å²) in [7, 11) is 0. The molecule has 152 valence electrons. The van der Waals surface area contributed by atoms with Crippen LogP contribution < -0.4 is 10.1 Å². The van der Waals surface area contributed by atoms with Gasteiger partial charge in [-0.1, -0.05) is 17.7 Å². The molecule has 4 rings (SSSR count). The number of rotatable bonds is 7. The second-order valence-electron chi connectivity index (χ2n) is 7.58. The van der Waals surface area contributed by atoms with Crippen LogP contribution in [0.1, 0.15) is 34.7 Å². The Hall–Kier alpha value is -3.06. The molecule has 0 spiro atoms. The summed E-state index contributed by atoms with van der Waals surface area (Å²) in [5.74, 6) is 1.48. The Bertz CT molecular complexity index is 933. The number of hydrogen-bond acceptors (Lipinski definition) is 5. The lowest BCUT2D eigenvalue weighted by atomic mass is 10.1. The Kier molecular flexibility index (Phi) is 5.67. The van der Waals surface area contributed by atoms with Crippen molar-refractivity contribution in [3.05, 3.63) is 71.9 Å². The molecule has 7 nitrogen and oxygen atoms in total. The molecule has 0 aliphatic heterocycles. The number of carbonyl (C=O) groups is 1. The number of benzene rings is 1. The summed E-state index contributed by atoms with van der Waals surface area (Å²) in [5, 5.41) is 17.4. The molecule has 2 aromatic heterocycles. The first-order chi connectivity index (χ1) is 14.1. The maximum Gasteiger partial charge on any atom is 0.287 e. The van der Waals surface area contributed by atoms with Gasteiger partial charge in [-0.2, -0.15) is 5.10 Å². The molecule has 2 heterocycles. The molecule has 3 aromatic rings. The molecule has 0 radical (unpaired) electrons. The van der Waals surface area contributed by atoms with E-state index >= 15 is 0 Å². The number of hydrogen-bond donors (Lipinski definition) is 2. The van der Waals surface area contributed by atoms with Gasteiger partial charge in [0, 0.05) is 18.9 Å². The minimum absolute atomic E-state index is 0.218. The summed E-state index contributed by atoms with van der Waals surface area (Å²) in [6.45, 7) is 2.99. The van der Waals surface area contributed by atoms with E-state index in [9.17, 15) is 9.90 Å². The zero-order valence-corrected chi connectivity index (χ0v) is 16.3. The summed E-state index contributed by atoms with van der Waals surface area (Å²) in [6, 6.07) is 12.7. The lowest BCUT2D eigenvalue weighted by Crippen LogP contribution is -2.39. The van der Waals surface area contributed by atoms with Gasteiger partial charge < -0.3 is 19.6 Å². The fourth-order valence-electron chi connectivity index (χ4n) is 3.70. The van der Waals surface area contributed by atoms with Crippen LogP contribution in [0, 0.1) is 12.8 Å². The van der Waals surface area contributed by atoms with Crippen molar-refractivity contribution in [1.82, 2.24) is 15.1 Å². The molecule has 2 N–H and O–H groups in total. The highest BCUT2D eigenvalue weighted by Gasteiger charge is 2.34. The van der Waals surface area contributed by atoms with Gasteiger partial charge in [0.2, 0.25) is 0 Å². The smallest absolute Gasteiger partial charge is 0.287 e. The lowest BCUT2D eigenvalue weighted by molar-refractivity contribution is 0.0842. The van der Waals surface area contributed by atoms with Crippen LogP contribution in [0.25, 0.3) is 0 Å². The number of aliphatic hydroxyl groups is 1. The topological polar surface area (TPSA) is 89.5 Å². The van der Waals surface area contributed by atoms with Crippen LogP contribution in [0.2, 0.25) is 0 Å². The van der Waals surface area contributed by atoms with Crippen molar-refractivity contribution in [2.45, 2.75) is 45.1 Å². The maximum atomic E-state index is 12.5. The van der Waals surface area contributed by atoms with E-state index in [1.165, 1.54) is 0 Å². The quantitative estimate of drug-likeness (QED) is 0.642. The number of furan rings is 1. The van der Waals surface area contributed by atoms with Crippen molar-refractivity contribution in [3.63, 3.8) is 0 Å². The van der Waals surface area contributed by atoms with Crippen LogP contribution in [-0.2, 0) is 13.2 Å². The van der Waals surface area contributed by atoms with E-state index in [4.69, 9.17) is 9.15 Å². The van der Waals surface area contributed by atoms with Crippen molar-refractivity contribution in [1.29, 1.82) is 0 Å². The van der Waals surface area contributed by atoms with Gasteiger partial charge in [-0.15, -0.1) is 0 Å². The number of aromatic nitrogens is 2. The van der Waals surface area contributed by atoms with Crippen LogP contribution >= 0.6 is 0 Å². The molecule has 1 unspecified atom stereocenters. The fraction of sp³-hybridized carbons (Fsp3) is 0.364. The third-order valence-electron chi connectivity index (χ3n) is 5.24. The standard InChI is InChI=1S/C22H25N3O4/c1-15-3-5-17(6-4-15)28-14-18-7-8-21(29-18)22(27)24-19-11-16(12-20(19)26)13-25-10-2-9-23-25/h2-10,16,19-20,26H,11-14H2,1H3,(H,24,27)/t16?,19-,20-/m1/s1. The zero-order chi connectivity index (χ0) is 20.2. The molecule has 1 aliphatic carbocycles. The molecular formula is C22H25N3O4. The fourth-order valence-corrected chi connectivity index (χ4v) is 3.70. The van der Waals surface area contributed by atoms with Gasteiger partial charge in [0.05, 0.1) is 12.1 Å². The van der Waals surface area contributed by atoms with Gasteiger partial charge in [0.15, 0.2) is 5.76 Å². The third-order valence-corrected chi connectivity index (χ3v) is 5.24. The number of amides is 1. The number of nitrogens with zero attached hydrogens (tertiary/aromatic N) is 2. The van der Waals surface area contributed by atoms with E-state index in [1.807, 2.05) is 48.1 Å². The van der Waals surface area contributed by atoms with Crippen molar-refractivity contribution in [2.75, 3.05) is 0 Å². The largest absolute Gasteiger partial charge is 0.486 e. The Morgan fingerprint density at radius 1 is 1.28 bits per heavy atom. The summed E-state index contributed by atoms with van der Waals surface area (Å²) < 4.78 is 13.2. The van der Waals surface area contributed by atoms with Gasteiger partial charge in [0.1, 0.15) is 18.1 Å². The van der Waals surface area contributed by atoms with Gasteiger partial charge >= 0.3 is 0 Å². The van der Waals surface area contributed by atoms with E-state index in [-0.39, 0.29) is 30.2 Å². The highest BCUT2D eigenvalue weighted by Crippen LogP contribution is 2.28. The van der Waals surface area contributed by atoms with E-state index in [1.54, 1.807) is 18.3 Å². The summed E-state index contributed by atoms with van der Waals surface area (Å²) in [6.07, 6.45) is 4.41. The van der Waals surface area contributed by atoms with Crippen molar-refractivity contribution in [2.24, 2.45) is 5.92 Å². The Morgan fingerprint density at radius 2 is 2.10 bits per heavy atom. The second-order valence-corrected chi connectivity index (χ2v) is 7.58. The molecule has 1 aliphatic rings. The molecule has 29 heavy (non-hydrogen) atoms. The molecule has 0 saturated heterocycles. The predicted molar refractivity (Wildman–Crippen MR) is 106 cm³/mol. The average molecular weight is 395 g/mol. The van der Waals surface area contributed by atoms with Crippen LogP contribution in [0.4, 0.5) is 0 Å². The minimum Gasteiger partial charge on any atom is -0.486 e. The molecule has 3 atom stereocenters. The van der Waals surface area contributed by atoms with Crippen LogP contribution in [0.15, 0.2) is 59.3 Å². The van der Waals surface area contributed by atoms with E-state index < -0.39 is 6.10 Å². The van der Waals surface area contributed by atoms with Crippen molar-refractivity contribution in [3.8, 4) is 5.75 Å². The van der Waals surface area contributed by atoms with Crippen molar-refractivity contribution < 1.29 is 19.1 Å². The summed E-state index contributed by atoms with van der Waals surface area (Å²) >= 11 is 0.